The molecule has 1 amide bonds. The highest BCUT2D eigenvalue weighted by Gasteiger charge is 2.42. The minimum Gasteiger partial charge on any atom is -0.386 e. The number of carbonyl (C=O) groups excluding carboxylic acids is 1. The van der Waals surface area contributed by atoms with Crippen LogP contribution in [-0.2, 0) is 12.7 Å². The van der Waals surface area contributed by atoms with Gasteiger partial charge in [0.15, 0.2) is 0 Å². The molecule has 0 aliphatic heterocycles. The number of carbonyl (C=O) groups is 1. The molecule has 1 heterocycles. The van der Waals surface area contributed by atoms with Crippen molar-refractivity contribution < 1.29 is 23.1 Å². The minimum atomic E-state index is -4.64. The normalized spacial score (nSPS) is 14.7. The molecule has 2 rings (SSSR count). The maximum Gasteiger partial charge on any atom is 0.417 e. The van der Waals surface area contributed by atoms with Crippen LogP contribution in [0.2, 0.25) is 0 Å². The predicted molar refractivity (Wildman–Crippen MR) is 88.2 cm³/mol. The number of aliphatic hydroxyl groups is 1. The van der Waals surface area contributed by atoms with Crippen LogP contribution in [0.3, 0.4) is 0 Å². The third kappa shape index (κ3) is 4.40. The fourth-order valence-corrected chi connectivity index (χ4v) is 2.39. The highest BCUT2D eigenvalue weighted by atomic mass is 19.4. The van der Waals surface area contributed by atoms with Gasteiger partial charge in [-0.15, -0.1) is 0 Å². The lowest BCUT2D eigenvalue weighted by Gasteiger charge is -2.40. The van der Waals surface area contributed by atoms with Crippen LogP contribution in [0.25, 0.3) is 0 Å². The van der Waals surface area contributed by atoms with Crippen LogP contribution in [0, 0.1) is 5.41 Å². The smallest absolute Gasteiger partial charge is 0.386 e. The molecule has 0 saturated heterocycles. The lowest BCUT2D eigenvalue weighted by atomic mass is 9.76. The first kappa shape index (κ1) is 19.9. The molecule has 2 aromatic rings. The lowest BCUT2D eigenvalue weighted by Crippen LogP contribution is -2.54. The van der Waals surface area contributed by atoms with Crippen molar-refractivity contribution in [3.63, 3.8) is 0 Å². The summed E-state index contributed by atoms with van der Waals surface area (Å²) in [6.07, 6.45) is -1.92. The summed E-state index contributed by atoms with van der Waals surface area (Å²) in [5.41, 5.74) is -3.65. The highest BCUT2D eigenvalue weighted by Crippen LogP contribution is 2.33. The predicted octanol–water partition coefficient (Wildman–Crippen LogP) is 2.50. The molecular formula is C17H21F3N4O2. The molecule has 0 aliphatic rings. The highest BCUT2D eigenvalue weighted by molar-refractivity contribution is 5.95. The van der Waals surface area contributed by atoms with Crippen molar-refractivity contribution in [3.05, 3.63) is 48.0 Å². The number of aromatic nitrogens is 3. The number of nitrogens with zero attached hydrogens (tertiary/aromatic N) is 3. The van der Waals surface area contributed by atoms with Gasteiger partial charge in [0, 0.05) is 6.54 Å². The van der Waals surface area contributed by atoms with E-state index >= 15 is 0 Å². The van der Waals surface area contributed by atoms with Crippen molar-refractivity contribution in [2.75, 3.05) is 6.54 Å². The van der Waals surface area contributed by atoms with E-state index in [1.165, 1.54) is 29.5 Å². The zero-order valence-electron chi connectivity index (χ0n) is 14.7. The summed E-state index contributed by atoms with van der Waals surface area (Å²) in [4.78, 5) is 16.1. The number of hydrogen-bond donors (Lipinski definition) is 2. The molecule has 1 aromatic heterocycles. The van der Waals surface area contributed by atoms with Gasteiger partial charge in [0.1, 0.15) is 18.3 Å². The Balaban J connectivity index is 2.21. The third-order valence-electron chi connectivity index (χ3n) is 4.30. The van der Waals surface area contributed by atoms with Gasteiger partial charge in [-0.05, 0) is 17.5 Å². The zero-order valence-corrected chi connectivity index (χ0v) is 14.7. The van der Waals surface area contributed by atoms with Gasteiger partial charge < -0.3 is 10.4 Å². The van der Waals surface area contributed by atoms with Crippen molar-refractivity contribution in [2.24, 2.45) is 5.41 Å². The Morgan fingerprint density at radius 2 is 1.88 bits per heavy atom. The van der Waals surface area contributed by atoms with Gasteiger partial charge in [0.2, 0.25) is 0 Å². The number of halogens is 3. The van der Waals surface area contributed by atoms with Crippen molar-refractivity contribution >= 4 is 5.91 Å². The van der Waals surface area contributed by atoms with E-state index < -0.39 is 34.2 Å². The number of amides is 1. The van der Waals surface area contributed by atoms with E-state index in [1.807, 2.05) is 0 Å². The molecule has 142 valence electrons. The van der Waals surface area contributed by atoms with Gasteiger partial charge in [-0.25, -0.2) is 9.67 Å². The quantitative estimate of drug-likeness (QED) is 0.848. The average molecular weight is 370 g/mol. The van der Waals surface area contributed by atoms with E-state index in [4.69, 9.17) is 0 Å². The van der Waals surface area contributed by atoms with Gasteiger partial charge in [0.05, 0.1) is 17.7 Å². The van der Waals surface area contributed by atoms with Crippen LogP contribution < -0.4 is 5.32 Å². The molecule has 0 saturated carbocycles. The summed E-state index contributed by atoms with van der Waals surface area (Å²) in [7, 11) is 0. The fraction of sp³-hybridized carbons (Fsp3) is 0.471. The maximum atomic E-state index is 13.1. The third-order valence-corrected chi connectivity index (χ3v) is 4.30. The largest absolute Gasteiger partial charge is 0.417 e. The number of hydrogen-bond acceptors (Lipinski definition) is 4. The molecule has 9 heteroatoms. The molecular weight excluding hydrogens is 349 g/mol. The molecule has 0 fully saturated rings. The number of benzene rings is 1. The summed E-state index contributed by atoms with van der Waals surface area (Å²) < 4.78 is 40.6. The topological polar surface area (TPSA) is 80.0 Å². The molecule has 0 bridgehead atoms. The summed E-state index contributed by atoms with van der Waals surface area (Å²) >= 11 is 0. The first-order valence-corrected chi connectivity index (χ1v) is 7.93. The van der Waals surface area contributed by atoms with Gasteiger partial charge >= 0.3 is 6.18 Å². The molecule has 0 radical (unpaired) electrons. The van der Waals surface area contributed by atoms with Crippen LogP contribution in [0.5, 0.6) is 0 Å². The van der Waals surface area contributed by atoms with Gasteiger partial charge in [-0.1, -0.05) is 32.9 Å². The fourth-order valence-electron chi connectivity index (χ4n) is 2.39. The van der Waals surface area contributed by atoms with E-state index in [0.717, 1.165) is 12.1 Å². The Bertz CT molecular complexity index is 754. The zero-order chi connectivity index (χ0) is 19.6. The van der Waals surface area contributed by atoms with E-state index in [2.05, 4.69) is 15.4 Å². The monoisotopic (exact) mass is 370 g/mol. The number of rotatable bonds is 5. The minimum absolute atomic E-state index is 0.0255. The second-order valence-corrected chi connectivity index (χ2v) is 7.10. The number of alkyl halides is 3. The Kier molecular flexibility index (Phi) is 5.41. The van der Waals surface area contributed by atoms with Crippen molar-refractivity contribution in [1.82, 2.24) is 20.1 Å². The summed E-state index contributed by atoms with van der Waals surface area (Å²) in [5.74, 6) is -0.904. The molecule has 1 atom stereocenters. The Morgan fingerprint density at radius 3 is 2.42 bits per heavy atom. The molecule has 1 aromatic carbocycles. The first-order valence-electron chi connectivity index (χ1n) is 7.93. The Hall–Kier alpha value is -2.42. The van der Waals surface area contributed by atoms with Gasteiger partial charge in [0.25, 0.3) is 5.91 Å². The molecule has 6 nitrogen and oxygen atoms in total. The van der Waals surface area contributed by atoms with E-state index in [1.54, 1.807) is 20.8 Å². The van der Waals surface area contributed by atoms with Gasteiger partial charge in [-0.3, -0.25) is 4.79 Å². The lowest BCUT2D eigenvalue weighted by molar-refractivity contribution is -0.137. The summed E-state index contributed by atoms with van der Waals surface area (Å²) in [5, 5.41) is 17.4. The Morgan fingerprint density at radius 1 is 1.23 bits per heavy atom. The van der Waals surface area contributed by atoms with Crippen molar-refractivity contribution in [3.8, 4) is 0 Å². The van der Waals surface area contributed by atoms with Crippen molar-refractivity contribution in [2.45, 2.75) is 39.1 Å². The van der Waals surface area contributed by atoms with Crippen LogP contribution in [0.15, 0.2) is 36.9 Å². The van der Waals surface area contributed by atoms with Crippen LogP contribution in [0.1, 0.15) is 36.7 Å². The molecule has 0 aliphatic carbocycles. The molecule has 2 N–H and O–H groups in total. The molecule has 26 heavy (non-hydrogen) atoms. The second-order valence-electron chi connectivity index (χ2n) is 7.10. The maximum absolute atomic E-state index is 13.1. The summed E-state index contributed by atoms with van der Waals surface area (Å²) in [6, 6.07) is 4.53. The van der Waals surface area contributed by atoms with E-state index in [9.17, 15) is 23.1 Å². The number of nitrogens with one attached hydrogen (secondary N) is 1. The average Bonchev–Trinajstić information content (AvgIpc) is 3.03. The van der Waals surface area contributed by atoms with Crippen LogP contribution >= 0.6 is 0 Å². The van der Waals surface area contributed by atoms with Crippen LogP contribution in [-0.4, -0.2) is 37.9 Å². The van der Waals surface area contributed by atoms with Crippen LogP contribution in [0.4, 0.5) is 13.2 Å². The molecule has 1 unspecified atom stereocenters. The second kappa shape index (κ2) is 7.06. The first-order chi connectivity index (χ1) is 11.9. The standard InChI is InChI=1S/C17H21F3N4O2/c1-15(2,3)16(26,9-24-11-21-10-23-24)8-22-14(25)12-6-4-5-7-13(12)17(18,19)20/h4-7,10-11,26H,8-9H2,1-3H3,(H,22,25). The summed E-state index contributed by atoms with van der Waals surface area (Å²) in [6.45, 7) is 5.07. The van der Waals surface area contributed by atoms with E-state index in [0.29, 0.717) is 0 Å². The van der Waals surface area contributed by atoms with E-state index in [-0.39, 0.29) is 13.1 Å². The molecule has 0 spiro atoms. The van der Waals surface area contributed by atoms with Gasteiger partial charge in [-0.2, -0.15) is 18.3 Å². The SMILES string of the molecule is CC(C)(C)C(O)(CNC(=O)c1ccccc1C(F)(F)F)Cn1cncn1. The Labute approximate surface area is 149 Å². The van der Waals surface area contributed by atoms with Crippen molar-refractivity contribution in [1.29, 1.82) is 0 Å².